The molecular weight excluding hydrogens is 610 g/mol. The van der Waals surface area contributed by atoms with Crippen molar-refractivity contribution < 1.29 is 38.9 Å². The van der Waals surface area contributed by atoms with Gasteiger partial charge in [0.05, 0.1) is 6.04 Å². The summed E-state index contributed by atoms with van der Waals surface area (Å²) in [5.74, 6) is 0. The molecule has 2 N–H and O–H groups in total. The molecule has 185 valence electrons. The molecule has 1 unspecified atom stereocenters. The maximum Gasteiger partial charge on any atom is 0.210 e. The molecule has 32 heavy (non-hydrogen) atoms. The molecule has 1 aliphatic heterocycles. The fraction of sp³-hybridized carbons (Fsp3) is 0.609. The van der Waals surface area contributed by atoms with Gasteiger partial charge in [0.15, 0.2) is 12.0 Å². The molecule has 1 radical (unpaired) electrons. The number of carbonyl (C=O) groups excluding carboxylic acids is 3. The van der Waals surface area contributed by atoms with Crippen molar-refractivity contribution >= 4 is 31.6 Å². The number of aldehydes is 2. The van der Waals surface area contributed by atoms with E-state index in [-0.39, 0.29) is 26.1 Å². The minimum atomic E-state index is -1.39. The van der Waals surface area contributed by atoms with E-state index in [1.54, 1.807) is 0 Å². The van der Waals surface area contributed by atoms with Crippen molar-refractivity contribution in [1.29, 1.82) is 0 Å². The molecule has 1 saturated carbocycles. The number of hydrogen-bond acceptors (Lipinski definition) is 6. The Morgan fingerprint density at radius 1 is 1.19 bits per heavy atom. The van der Waals surface area contributed by atoms with Crippen LogP contribution in [0.5, 0.6) is 0 Å². The SMILES string of the molecule is CNCC(C)[S-].CNCc1ccc(C)cc1.O=CC1(F)CC1.O=C[C@@H]1CCCN1C=O.[Ir]. The van der Waals surface area contributed by atoms with Crippen molar-refractivity contribution in [3.8, 4) is 0 Å². The van der Waals surface area contributed by atoms with Gasteiger partial charge < -0.3 is 33.0 Å². The largest absolute Gasteiger partial charge is 0.788 e. The zero-order valence-electron chi connectivity index (χ0n) is 19.4. The molecule has 1 heterocycles. The second-order valence-electron chi connectivity index (χ2n) is 7.73. The van der Waals surface area contributed by atoms with E-state index in [1.807, 2.05) is 21.0 Å². The van der Waals surface area contributed by atoms with Crippen LogP contribution < -0.4 is 10.6 Å². The summed E-state index contributed by atoms with van der Waals surface area (Å²) >= 11 is 4.82. The predicted molar refractivity (Wildman–Crippen MR) is 126 cm³/mol. The van der Waals surface area contributed by atoms with E-state index in [0.717, 1.165) is 45.2 Å². The molecule has 2 atom stereocenters. The van der Waals surface area contributed by atoms with Crippen LogP contribution in [0.1, 0.15) is 43.7 Å². The van der Waals surface area contributed by atoms with Crippen molar-refractivity contribution in [2.24, 2.45) is 0 Å². The summed E-state index contributed by atoms with van der Waals surface area (Å²) in [5.41, 5.74) is 1.27. The number of nitrogens with one attached hydrogen (secondary N) is 2. The summed E-state index contributed by atoms with van der Waals surface area (Å²) in [6.45, 7) is 6.75. The summed E-state index contributed by atoms with van der Waals surface area (Å²) in [5, 5.41) is 6.44. The van der Waals surface area contributed by atoms with Crippen LogP contribution in [0.3, 0.4) is 0 Å². The van der Waals surface area contributed by atoms with Crippen molar-refractivity contribution in [3.63, 3.8) is 0 Å². The first-order chi connectivity index (χ1) is 14.7. The van der Waals surface area contributed by atoms with Crippen molar-refractivity contribution in [1.82, 2.24) is 15.5 Å². The van der Waals surface area contributed by atoms with Crippen LogP contribution in [-0.4, -0.2) is 68.0 Å². The second kappa shape index (κ2) is 19.4. The molecule has 1 aromatic carbocycles. The maximum absolute atomic E-state index is 11.9. The Bertz CT molecular complexity index is 617. The molecule has 1 aromatic rings. The third-order valence-corrected chi connectivity index (χ3v) is 4.73. The Kier molecular flexibility index (Phi) is 20.0. The minimum Gasteiger partial charge on any atom is -0.788 e. The molecule has 6 nitrogen and oxygen atoms in total. The first-order valence-electron chi connectivity index (χ1n) is 10.6. The monoisotopic (exact) mass is 647 g/mol. The Balaban J connectivity index is 0. The number of nitrogens with zero attached hydrogens (tertiary/aromatic N) is 1. The normalized spacial score (nSPS) is 18.1. The zero-order chi connectivity index (χ0) is 23.7. The molecular formula is C23H37FIrN3O3S-. The molecule has 9 heteroatoms. The van der Waals surface area contributed by atoms with Gasteiger partial charge in [-0.25, -0.2) is 4.39 Å². The predicted octanol–water partition coefficient (Wildman–Crippen LogP) is 2.35. The average molecular weight is 647 g/mol. The van der Waals surface area contributed by atoms with Gasteiger partial charge in [0.2, 0.25) is 6.41 Å². The summed E-state index contributed by atoms with van der Waals surface area (Å²) in [7, 11) is 3.86. The van der Waals surface area contributed by atoms with Crippen LogP contribution in [0.25, 0.3) is 0 Å². The van der Waals surface area contributed by atoms with E-state index < -0.39 is 5.67 Å². The first kappa shape index (κ1) is 33.1. The number of rotatable bonds is 7. The number of halogens is 1. The Morgan fingerprint density at radius 3 is 2.06 bits per heavy atom. The van der Waals surface area contributed by atoms with E-state index in [0.29, 0.717) is 24.4 Å². The van der Waals surface area contributed by atoms with E-state index in [2.05, 4.69) is 41.8 Å². The Morgan fingerprint density at radius 2 is 1.78 bits per heavy atom. The smallest absolute Gasteiger partial charge is 0.210 e. The molecule has 0 aromatic heterocycles. The van der Waals surface area contributed by atoms with Gasteiger partial charge in [-0.3, -0.25) is 9.59 Å². The van der Waals surface area contributed by atoms with Gasteiger partial charge in [-0.2, -0.15) is 5.25 Å². The van der Waals surface area contributed by atoms with E-state index in [1.165, 1.54) is 16.0 Å². The van der Waals surface area contributed by atoms with Gasteiger partial charge in [-0.1, -0.05) is 36.8 Å². The Labute approximate surface area is 211 Å². The second-order valence-corrected chi connectivity index (χ2v) is 8.53. The molecule has 1 aliphatic carbocycles. The summed E-state index contributed by atoms with van der Waals surface area (Å²) < 4.78 is 11.9. The number of benzene rings is 1. The molecule has 2 aliphatic rings. The fourth-order valence-electron chi connectivity index (χ4n) is 2.53. The van der Waals surface area contributed by atoms with Crippen LogP contribution in [0.4, 0.5) is 4.39 Å². The van der Waals surface area contributed by atoms with Gasteiger partial charge in [0, 0.05) is 33.2 Å². The zero-order valence-corrected chi connectivity index (χ0v) is 22.6. The minimum absolute atomic E-state index is 0. The Hall–Kier alpha value is -1.12. The molecule has 2 fully saturated rings. The number of carbonyl (C=O) groups is 3. The number of amides is 1. The van der Waals surface area contributed by atoms with Gasteiger partial charge in [-0.05, 0) is 58.8 Å². The number of alkyl halides is 1. The van der Waals surface area contributed by atoms with E-state index >= 15 is 0 Å². The van der Waals surface area contributed by atoms with Gasteiger partial charge in [0.1, 0.15) is 6.29 Å². The van der Waals surface area contributed by atoms with Crippen LogP contribution in [0.15, 0.2) is 24.3 Å². The quantitative estimate of drug-likeness (QED) is 0.350. The number of likely N-dealkylation sites (tertiary alicyclic amines) is 1. The summed E-state index contributed by atoms with van der Waals surface area (Å²) in [4.78, 5) is 31.4. The molecule has 0 bridgehead atoms. The summed E-state index contributed by atoms with van der Waals surface area (Å²) in [6.07, 6.45) is 4.64. The van der Waals surface area contributed by atoms with Crippen LogP contribution >= 0.6 is 0 Å². The molecule has 1 amide bonds. The van der Waals surface area contributed by atoms with E-state index in [9.17, 15) is 18.8 Å². The molecule has 1 saturated heterocycles. The standard InChI is InChI=1S/C9H13N.C6H9NO2.C4H5FO.C4H11NS.Ir/c1-8-3-5-9(6-4-8)7-10-2;8-4-6-2-1-3-7(6)5-9;5-4(3-6)1-2-4;1-4(6)3-5-2;/h3-6,10H,7H2,1-2H3;4-6H,1-3H2;3H,1-2H2;4-6H,3H2,1-2H3;/p-1/t;6-;;;/m.0.../s1. The van der Waals surface area contributed by atoms with Crippen LogP contribution in [0, 0.1) is 6.92 Å². The molecule has 3 rings (SSSR count). The van der Waals surface area contributed by atoms with Gasteiger partial charge in [-0.15, -0.1) is 0 Å². The topological polar surface area (TPSA) is 78.5 Å². The van der Waals surface area contributed by atoms with Crippen molar-refractivity contribution in [2.45, 2.75) is 63.0 Å². The molecule has 0 spiro atoms. The third kappa shape index (κ3) is 16.5. The maximum atomic E-state index is 11.9. The number of hydrogen-bond donors (Lipinski definition) is 2. The van der Waals surface area contributed by atoms with Gasteiger partial charge >= 0.3 is 0 Å². The van der Waals surface area contributed by atoms with E-state index in [4.69, 9.17) is 12.6 Å². The van der Waals surface area contributed by atoms with Crippen molar-refractivity contribution in [2.75, 3.05) is 27.2 Å². The van der Waals surface area contributed by atoms with Crippen LogP contribution in [0.2, 0.25) is 0 Å². The van der Waals surface area contributed by atoms with Gasteiger partial charge in [0.25, 0.3) is 0 Å². The third-order valence-electron chi connectivity index (χ3n) is 4.57. The van der Waals surface area contributed by atoms with Crippen LogP contribution in [-0.2, 0) is 53.7 Å². The average Bonchev–Trinajstić information content (AvgIpc) is 3.32. The number of aryl methyl sites for hydroxylation is 1. The fourth-order valence-corrected chi connectivity index (χ4v) is 2.69. The van der Waals surface area contributed by atoms with Crippen molar-refractivity contribution in [3.05, 3.63) is 35.4 Å². The summed E-state index contributed by atoms with van der Waals surface area (Å²) in [6, 6.07) is 8.42. The first-order valence-corrected chi connectivity index (χ1v) is 11.0.